The van der Waals surface area contributed by atoms with E-state index in [1.165, 1.54) is 0 Å². The van der Waals surface area contributed by atoms with Crippen molar-refractivity contribution in [2.75, 3.05) is 6.61 Å². The van der Waals surface area contributed by atoms with Crippen LogP contribution >= 0.6 is 15.9 Å². The smallest absolute Gasteiger partial charge is 0.416 e. The van der Waals surface area contributed by atoms with Gasteiger partial charge in [-0.15, -0.1) is 0 Å². The molecule has 0 fully saturated rings. The third kappa shape index (κ3) is 3.74. The van der Waals surface area contributed by atoms with Crippen molar-refractivity contribution in [3.05, 3.63) is 34.1 Å². The Hall–Kier alpha value is -1.83. The van der Waals surface area contributed by atoms with Gasteiger partial charge in [0.05, 0.1) is 12.2 Å². The lowest BCUT2D eigenvalue weighted by molar-refractivity contribution is -0.137. The molecule has 124 valence electrons. The number of nitrogens with zero attached hydrogens (tertiary/aromatic N) is 1. The number of alkyl halides is 3. The molecule has 0 aliphatic rings. The maximum atomic E-state index is 12.8. The minimum atomic E-state index is -4.51. The van der Waals surface area contributed by atoms with E-state index >= 15 is 0 Å². The second kappa shape index (κ2) is 6.74. The molecule has 0 unspecified atom stereocenters. The maximum absolute atomic E-state index is 12.8. The second-order valence-electron chi connectivity index (χ2n) is 4.85. The number of fused-ring (bicyclic) bond motifs is 1. The molecule has 1 heterocycles. The van der Waals surface area contributed by atoms with Crippen molar-refractivity contribution in [3.8, 4) is 5.75 Å². The van der Waals surface area contributed by atoms with E-state index in [9.17, 15) is 23.1 Å². The van der Waals surface area contributed by atoms with Crippen LogP contribution in [0.25, 0.3) is 10.8 Å². The van der Waals surface area contributed by atoms with Crippen LogP contribution in [-0.2, 0) is 10.9 Å². The molecule has 23 heavy (non-hydrogen) atoms. The van der Waals surface area contributed by atoms with Gasteiger partial charge < -0.3 is 9.84 Å². The SMILES string of the molecule is CCCCOC(=O)c1nc(Br)c2cc(C(F)(F)F)ccc2c1O. The molecule has 0 radical (unpaired) electrons. The molecule has 0 spiro atoms. The fourth-order valence-electron chi connectivity index (χ4n) is 1.96. The van der Waals surface area contributed by atoms with Gasteiger partial charge in [-0.25, -0.2) is 9.78 Å². The molecule has 0 aliphatic carbocycles. The standard InChI is InChI=1S/C15H13BrF3NO3/c1-2-3-6-23-14(22)11-12(21)9-5-4-8(15(17,18)19)7-10(9)13(16)20-11/h4-5,7,21H,2-3,6H2,1H3. The molecule has 0 amide bonds. The Kier molecular flexibility index (Phi) is 5.13. The Balaban J connectivity index is 2.47. The van der Waals surface area contributed by atoms with Crippen LogP contribution in [0.5, 0.6) is 5.75 Å². The van der Waals surface area contributed by atoms with E-state index < -0.39 is 23.5 Å². The van der Waals surface area contributed by atoms with Crippen LogP contribution in [0.2, 0.25) is 0 Å². The molecule has 4 nitrogen and oxygen atoms in total. The second-order valence-corrected chi connectivity index (χ2v) is 5.60. The van der Waals surface area contributed by atoms with Gasteiger partial charge in [0.15, 0.2) is 11.4 Å². The van der Waals surface area contributed by atoms with Gasteiger partial charge in [-0.1, -0.05) is 13.3 Å². The molecule has 0 saturated heterocycles. The predicted octanol–water partition coefficient (Wildman–Crippen LogP) is 4.68. The first-order valence-electron chi connectivity index (χ1n) is 6.82. The Morgan fingerprint density at radius 3 is 2.65 bits per heavy atom. The molecular formula is C15H13BrF3NO3. The van der Waals surface area contributed by atoms with E-state index in [-0.39, 0.29) is 27.7 Å². The Morgan fingerprint density at radius 2 is 2.04 bits per heavy atom. The zero-order valence-corrected chi connectivity index (χ0v) is 13.7. The van der Waals surface area contributed by atoms with Crippen LogP contribution in [-0.4, -0.2) is 22.7 Å². The summed E-state index contributed by atoms with van der Waals surface area (Å²) in [5, 5.41) is 10.3. The highest BCUT2D eigenvalue weighted by Crippen LogP contribution is 2.37. The van der Waals surface area contributed by atoms with Gasteiger partial charge in [-0.3, -0.25) is 0 Å². The summed E-state index contributed by atoms with van der Waals surface area (Å²) >= 11 is 3.04. The lowest BCUT2D eigenvalue weighted by Crippen LogP contribution is -2.10. The summed E-state index contributed by atoms with van der Waals surface area (Å²) in [5.74, 6) is -1.32. The number of aromatic hydroxyl groups is 1. The summed E-state index contributed by atoms with van der Waals surface area (Å²) in [6, 6.07) is 2.79. The number of hydrogen-bond acceptors (Lipinski definition) is 4. The van der Waals surface area contributed by atoms with Crippen molar-refractivity contribution in [3.63, 3.8) is 0 Å². The molecule has 0 saturated carbocycles. The van der Waals surface area contributed by atoms with Crippen LogP contribution in [0, 0.1) is 0 Å². The third-order valence-corrected chi connectivity index (χ3v) is 3.79. The molecule has 1 aromatic heterocycles. The summed E-state index contributed by atoms with van der Waals surface area (Å²) in [7, 11) is 0. The van der Waals surface area contributed by atoms with Gasteiger partial charge in [0.1, 0.15) is 4.60 Å². The van der Waals surface area contributed by atoms with E-state index in [2.05, 4.69) is 20.9 Å². The number of rotatable bonds is 4. The highest BCUT2D eigenvalue weighted by molar-refractivity contribution is 9.10. The highest BCUT2D eigenvalue weighted by atomic mass is 79.9. The van der Waals surface area contributed by atoms with Gasteiger partial charge in [0.2, 0.25) is 0 Å². The van der Waals surface area contributed by atoms with Gasteiger partial charge in [0, 0.05) is 10.8 Å². The number of halogens is 4. The summed E-state index contributed by atoms with van der Waals surface area (Å²) in [6.45, 7) is 2.10. The van der Waals surface area contributed by atoms with Crippen LogP contribution in [0.3, 0.4) is 0 Å². The molecule has 0 bridgehead atoms. The molecular weight excluding hydrogens is 379 g/mol. The normalized spacial score (nSPS) is 11.7. The lowest BCUT2D eigenvalue weighted by atomic mass is 10.1. The predicted molar refractivity (Wildman–Crippen MR) is 81.3 cm³/mol. The fraction of sp³-hybridized carbons (Fsp3) is 0.333. The van der Waals surface area contributed by atoms with Crippen LogP contribution in [0.4, 0.5) is 13.2 Å². The third-order valence-electron chi connectivity index (χ3n) is 3.18. The zero-order chi connectivity index (χ0) is 17.2. The van der Waals surface area contributed by atoms with E-state index in [4.69, 9.17) is 4.74 Å². The fourth-order valence-corrected chi connectivity index (χ4v) is 2.46. The van der Waals surface area contributed by atoms with Crippen LogP contribution in [0.15, 0.2) is 22.8 Å². The van der Waals surface area contributed by atoms with Crippen molar-refractivity contribution < 1.29 is 27.8 Å². The number of carbonyl (C=O) groups is 1. The van der Waals surface area contributed by atoms with Crippen LogP contribution < -0.4 is 0 Å². The number of aromatic nitrogens is 1. The summed E-state index contributed by atoms with van der Waals surface area (Å²) in [6.07, 6.45) is -3.02. The lowest BCUT2D eigenvalue weighted by Gasteiger charge is -2.12. The monoisotopic (exact) mass is 391 g/mol. The maximum Gasteiger partial charge on any atom is 0.416 e. The first-order chi connectivity index (χ1) is 10.8. The van der Waals surface area contributed by atoms with Crippen molar-refractivity contribution in [2.24, 2.45) is 0 Å². The molecule has 2 rings (SSSR count). The number of unbranched alkanes of at least 4 members (excludes halogenated alkanes) is 1. The number of ether oxygens (including phenoxy) is 1. The molecule has 2 aromatic rings. The van der Waals surface area contributed by atoms with Gasteiger partial charge in [-0.05, 0) is 40.5 Å². The zero-order valence-electron chi connectivity index (χ0n) is 12.1. The quantitative estimate of drug-likeness (QED) is 0.467. The minimum Gasteiger partial charge on any atom is -0.505 e. The topological polar surface area (TPSA) is 59.4 Å². The number of esters is 1. The largest absolute Gasteiger partial charge is 0.505 e. The van der Waals surface area contributed by atoms with Crippen molar-refractivity contribution >= 4 is 32.7 Å². The number of benzene rings is 1. The number of pyridine rings is 1. The Bertz CT molecular complexity index is 747. The molecule has 1 aromatic carbocycles. The Labute approximate surface area is 138 Å². The number of hydrogen-bond donors (Lipinski definition) is 1. The highest BCUT2D eigenvalue weighted by Gasteiger charge is 2.31. The van der Waals surface area contributed by atoms with E-state index in [0.29, 0.717) is 6.42 Å². The van der Waals surface area contributed by atoms with E-state index in [0.717, 1.165) is 24.6 Å². The summed E-state index contributed by atoms with van der Waals surface area (Å²) in [5.41, 5.74) is -1.20. The molecule has 1 N–H and O–H groups in total. The van der Waals surface area contributed by atoms with E-state index in [1.54, 1.807) is 0 Å². The Morgan fingerprint density at radius 1 is 1.35 bits per heavy atom. The molecule has 0 atom stereocenters. The molecule has 0 aliphatic heterocycles. The summed E-state index contributed by atoms with van der Waals surface area (Å²) in [4.78, 5) is 15.7. The van der Waals surface area contributed by atoms with E-state index in [1.807, 2.05) is 6.92 Å². The van der Waals surface area contributed by atoms with Crippen molar-refractivity contribution in [1.82, 2.24) is 4.98 Å². The average Bonchev–Trinajstić information content (AvgIpc) is 2.49. The minimum absolute atomic E-state index is 0.0267. The first kappa shape index (κ1) is 17.5. The first-order valence-corrected chi connectivity index (χ1v) is 7.61. The average molecular weight is 392 g/mol. The van der Waals surface area contributed by atoms with Gasteiger partial charge in [0.25, 0.3) is 0 Å². The molecule has 8 heteroatoms. The summed E-state index contributed by atoms with van der Waals surface area (Å²) < 4.78 is 43.3. The van der Waals surface area contributed by atoms with Crippen LogP contribution in [0.1, 0.15) is 35.8 Å². The number of carbonyl (C=O) groups excluding carboxylic acids is 1. The van der Waals surface area contributed by atoms with Gasteiger partial charge >= 0.3 is 12.1 Å². The van der Waals surface area contributed by atoms with Gasteiger partial charge in [-0.2, -0.15) is 13.2 Å². The van der Waals surface area contributed by atoms with Crippen molar-refractivity contribution in [1.29, 1.82) is 0 Å². The van der Waals surface area contributed by atoms with Crippen molar-refractivity contribution in [2.45, 2.75) is 25.9 Å².